The Morgan fingerprint density at radius 2 is 1.89 bits per heavy atom. The Labute approximate surface area is 260 Å². The van der Waals surface area contributed by atoms with Crippen molar-refractivity contribution >= 4 is 40.4 Å². The van der Waals surface area contributed by atoms with Gasteiger partial charge in [0.1, 0.15) is 11.2 Å². The molecular formula is C32H41FN6O4S. The molecule has 0 saturated carbocycles. The molecule has 3 fully saturated rings. The van der Waals surface area contributed by atoms with Crippen LogP contribution in [-0.2, 0) is 9.59 Å². The van der Waals surface area contributed by atoms with Crippen molar-refractivity contribution in [2.45, 2.75) is 75.6 Å². The fraction of sp³-hybridized carbons (Fsp3) is 0.562. The van der Waals surface area contributed by atoms with Gasteiger partial charge in [0.05, 0.1) is 22.6 Å². The molecule has 2 aromatic heterocycles. The molecule has 12 heteroatoms. The largest absolute Gasteiger partial charge is 0.391 e. The van der Waals surface area contributed by atoms with Gasteiger partial charge in [-0.15, -0.1) is 11.8 Å². The number of rotatable bonds is 7. The van der Waals surface area contributed by atoms with Crippen LogP contribution in [0.1, 0.15) is 69.9 Å². The minimum absolute atomic E-state index is 0.0135. The molecule has 3 atom stereocenters. The number of imidazole rings is 1. The highest BCUT2D eigenvalue weighted by atomic mass is 32.2. The first-order valence-electron chi connectivity index (χ1n) is 15.5. The van der Waals surface area contributed by atoms with Gasteiger partial charge in [0, 0.05) is 56.9 Å². The number of hydrogen-bond acceptors (Lipinski definition) is 7. The number of halogens is 1. The number of amides is 2. The smallest absolute Gasteiger partial charge is 0.327 e. The molecule has 3 aromatic rings. The number of piperidine rings is 1. The Bertz CT molecular complexity index is 1590. The topological polar surface area (TPSA) is 115 Å². The second kappa shape index (κ2) is 12.2. The van der Waals surface area contributed by atoms with Gasteiger partial charge in [-0.25, -0.2) is 14.2 Å². The van der Waals surface area contributed by atoms with Crippen molar-refractivity contribution in [3.63, 3.8) is 0 Å². The van der Waals surface area contributed by atoms with Crippen LogP contribution in [0.25, 0.3) is 11.2 Å². The van der Waals surface area contributed by atoms with Crippen LogP contribution >= 0.6 is 11.8 Å². The van der Waals surface area contributed by atoms with E-state index in [4.69, 9.17) is 0 Å². The summed E-state index contributed by atoms with van der Waals surface area (Å²) in [6.07, 6.45) is 3.80. The third-order valence-corrected chi connectivity index (χ3v) is 10.5. The number of aromatic amines is 1. The molecule has 5 heterocycles. The number of carbonyl (C=O) groups excluding carboxylic acids is 2. The predicted octanol–water partition coefficient (Wildman–Crippen LogP) is 4.07. The van der Waals surface area contributed by atoms with Crippen LogP contribution in [0.2, 0.25) is 0 Å². The van der Waals surface area contributed by atoms with Crippen LogP contribution in [0.3, 0.4) is 0 Å². The molecule has 3 aliphatic heterocycles. The number of para-hydroxylation sites is 1. The molecule has 10 nitrogen and oxygen atoms in total. The normalized spacial score (nSPS) is 23.3. The monoisotopic (exact) mass is 624 g/mol. The molecule has 236 valence electrons. The first kappa shape index (κ1) is 30.6. The molecular weight excluding hydrogens is 583 g/mol. The molecule has 1 unspecified atom stereocenters. The van der Waals surface area contributed by atoms with Gasteiger partial charge >= 0.3 is 5.69 Å². The van der Waals surface area contributed by atoms with E-state index in [0.717, 1.165) is 11.9 Å². The molecule has 0 spiro atoms. The Hall–Kier alpha value is -3.38. The van der Waals surface area contributed by atoms with Crippen LogP contribution in [-0.4, -0.2) is 85.3 Å². The number of thioether (sulfide) groups is 1. The lowest BCUT2D eigenvalue weighted by Crippen LogP contribution is -2.42. The van der Waals surface area contributed by atoms with E-state index in [1.807, 2.05) is 21.9 Å². The summed E-state index contributed by atoms with van der Waals surface area (Å²) >= 11 is 1.42. The predicted molar refractivity (Wildman–Crippen MR) is 169 cm³/mol. The number of pyridine rings is 1. The number of nitrogens with zero attached hydrogens (tertiary/aromatic N) is 5. The number of likely N-dealkylation sites (tertiary alicyclic amines) is 1. The van der Waals surface area contributed by atoms with Crippen molar-refractivity contribution in [2.24, 2.45) is 5.41 Å². The van der Waals surface area contributed by atoms with E-state index in [1.54, 1.807) is 27.8 Å². The van der Waals surface area contributed by atoms with Crippen molar-refractivity contribution in [2.75, 3.05) is 37.6 Å². The van der Waals surface area contributed by atoms with E-state index in [1.165, 1.54) is 17.8 Å². The number of carbonyl (C=O) groups is 2. The zero-order chi connectivity index (χ0) is 31.2. The van der Waals surface area contributed by atoms with E-state index in [0.29, 0.717) is 68.9 Å². The van der Waals surface area contributed by atoms with Crippen molar-refractivity contribution in [1.29, 1.82) is 0 Å². The van der Waals surface area contributed by atoms with E-state index >= 15 is 4.39 Å². The number of aromatic nitrogens is 3. The van der Waals surface area contributed by atoms with Gasteiger partial charge in [-0.2, -0.15) is 0 Å². The lowest BCUT2D eigenvalue weighted by atomic mass is 9.92. The van der Waals surface area contributed by atoms with Crippen molar-refractivity contribution in [3.05, 3.63) is 58.4 Å². The molecule has 6 rings (SSSR count). The first-order chi connectivity index (χ1) is 21.0. The van der Waals surface area contributed by atoms with E-state index in [-0.39, 0.29) is 41.2 Å². The molecule has 44 heavy (non-hydrogen) atoms. The average molecular weight is 625 g/mol. The summed E-state index contributed by atoms with van der Waals surface area (Å²) in [6.45, 7) is 8.76. The van der Waals surface area contributed by atoms with Crippen LogP contribution in [0.4, 0.5) is 10.1 Å². The zero-order valence-corrected chi connectivity index (χ0v) is 26.4. The van der Waals surface area contributed by atoms with Crippen LogP contribution < -0.4 is 10.6 Å². The van der Waals surface area contributed by atoms with Gasteiger partial charge in [-0.1, -0.05) is 32.9 Å². The number of β-amino-alcohol motifs (C(OH)–C–C–N with tert-alkyl or cyclic N) is 1. The molecule has 1 aromatic carbocycles. The van der Waals surface area contributed by atoms with E-state index in [9.17, 15) is 19.5 Å². The maximum Gasteiger partial charge on any atom is 0.327 e. The fourth-order valence-corrected chi connectivity index (χ4v) is 8.13. The Balaban J connectivity index is 1.18. The second-order valence-electron chi connectivity index (χ2n) is 13.4. The lowest BCUT2D eigenvalue weighted by molar-refractivity contribution is -0.136. The van der Waals surface area contributed by atoms with Gasteiger partial charge in [0.2, 0.25) is 11.8 Å². The van der Waals surface area contributed by atoms with Gasteiger partial charge in [-0.3, -0.25) is 19.1 Å². The molecule has 0 radical (unpaired) electrons. The van der Waals surface area contributed by atoms with Crippen LogP contribution in [0.5, 0.6) is 0 Å². The van der Waals surface area contributed by atoms with Gasteiger partial charge in [0.15, 0.2) is 5.65 Å². The summed E-state index contributed by atoms with van der Waals surface area (Å²) in [6, 6.07) is 8.61. The summed E-state index contributed by atoms with van der Waals surface area (Å²) < 4.78 is 17.1. The summed E-state index contributed by atoms with van der Waals surface area (Å²) in [4.78, 5) is 52.7. The highest BCUT2D eigenvalue weighted by Crippen LogP contribution is 2.48. The number of hydrogen-bond donors (Lipinski definition) is 2. The molecule has 2 amide bonds. The summed E-state index contributed by atoms with van der Waals surface area (Å²) in [5, 5.41) is 9.17. The molecule has 2 N–H and O–H groups in total. The Morgan fingerprint density at radius 3 is 2.59 bits per heavy atom. The number of aliphatic hydroxyl groups is 1. The number of nitrogens with one attached hydrogen (secondary N) is 1. The number of aliphatic hydroxyl groups excluding tert-OH is 1. The highest BCUT2D eigenvalue weighted by molar-refractivity contribution is 8.01. The lowest BCUT2D eigenvalue weighted by Gasteiger charge is -2.33. The number of anilines is 1. The average Bonchev–Trinajstić information content (AvgIpc) is 3.65. The number of fused-ring (bicyclic) bond motifs is 1. The minimum Gasteiger partial charge on any atom is -0.391 e. The summed E-state index contributed by atoms with van der Waals surface area (Å²) in [5.74, 6) is -0.546. The van der Waals surface area contributed by atoms with Crippen molar-refractivity contribution < 1.29 is 19.1 Å². The maximum atomic E-state index is 15.4. The number of H-pyrrole nitrogens is 1. The van der Waals surface area contributed by atoms with Crippen molar-refractivity contribution in [1.82, 2.24) is 24.3 Å². The first-order valence-corrected chi connectivity index (χ1v) is 16.4. The van der Waals surface area contributed by atoms with Gasteiger partial charge < -0.3 is 19.8 Å². The SMILES string of the molecule is CC(C)(C)CCN1C(=O)[C@H](CC(=O)N2CCC(n3c(=O)[nH]c4ncccc43)CC2)S[C@H]1c1cccc(F)c1N1CCC(O)C1. The molecule has 3 saturated heterocycles. The molecule has 3 aliphatic rings. The second-order valence-corrected chi connectivity index (χ2v) is 14.7. The third-order valence-electron chi connectivity index (χ3n) is 9.03. The number of benzene rings is 1. The zero-order valence-electron chi connectivity index (χ0n) is 25.5. The Morgan fingerprint density at radius 1 is 1.11 bits per heavy atom. The quantitative estimate of drug-likeness (QED) is 0.408. The molecule has 0 aliphatic carbocycles. The van der Waals surface area contributed by atoms with E-state index in [2.05, 4.69) is 30.7 Å². The van der Waals surface area contributed by atoms with Crippen LogP contribution in [0.15, 0.2) is 41.3 Å². The van der Waals surface area contributed by atoms with Crippen molar-refractivity contribution in [3.8, 4) is 0 Å². The maximum absolute atomic E-state index is 15.4. The minimum atomic E-state index is -0.576. The van der Waals surface area contributed by atoms with Gasteiger partial charge in [-0.05, 0) is 49.3 Å². The fourth-order valence-electron chi connectivity index (χ4n) is 6.64. The molecule has 0 bridgehead atoms. The van der Waals surface area contributed by atoms with Crippen LogP contribution in [0, 0.1) is 11.2 Å². The standard InChI is InChI=1S/C32H41FN6O4S/c1-32(2,3)12-17-38-29(42)25(44-30(38)22-6-4-7-23(33)27(22)37-16-11-21(40)19-37)18-26(41)36-14-9-20(10-15-36)39-24-8-5-13-34-28(24)35-31(39)43/h4-8,13,20-21,25,30,40H,9-12,14-19H2,1-3H3,(H,34,35,43)/t21?,25-,30-/m0/s1. The highest BCUT2D eigenvalue weighted by Gasteiger charge is 2.44. The van der Waals surface area contributed by atoms with E-state index < -0.39 is 16.7 Å². The van der Waals surface area contributed by atoms with Gasteiger partial charge in [0.25, 0.3) is 0 Å². The summed E-state index contributed by atoms with van der Waals surface area (Å²) in [5.41, 5.74) is 2.25. The Kier molecular flexibility index (Phi) is 8.49. The summed E-state index contributed by atoms with van der Waals surface area (Å²) in [7, 11) is 0. The third kappa shape index (κ3) is 6.10.